The van der Waals surface area contributed by atoms with Gasteiger partial charge in [0, 0.05) is 39.8 Å². The van der Waals surface area contributed by atoms with Crippen LogP contribution in [0.5, 0.6) is 0 Å². The van der Waals surface area contributed by atoms with E-state index in [-0.39, 0.29) is 11.9 Å². The van der Waals surface area contributed by atoms with Crippen LogP contribution in [0.4, 0.5) is 0 Å². The monoisotopic (exact) mass is 242 g/mol. The van der Waals surface area contributed by atoms with Crippen LogP contribution in [-0.2, 0) is 4.79 Å². The molecule has 0 aromatic rings. The summed E-state index contributed by atoms with van der Waals surface area (Å²) in [6, 6.07) is -0.153. The lowest BCUT2D eigenvalue weighted by Crippen LogP contribution is -2.35. The number of rotatable bonds is 6. The van der Waals surface area contributed by atoms with Crippen LogP contribution >= 0.6 is 0 Å². The molecule has 0 aromatic carbocycles. The molecule has 0 saturated heterocycles. The van der Waals surface area contributed by atoms with Crippen LogP contribution in [0.15, 0.2) is 10.1 Å². The van der Waals surface area contributed by atoms with Crippen molar-refractivity contribution in [1.29, 1.82) is 0 Å². The molecule has 17 heavy (non-hydrogen) atoms. The van der Waals surface area contributed by atoms with Crippen molar-refractivity contribution in [3.05, 3.63) is 0 Å². The molecule has 7 nitrogen and oxygen atoms in total. The Morgan fingerprint density at radius 1 is 1.53 bits per heavy atom. The normalized spacial score (nSPS) is 13.5. The summed E-state index contributed by atoms with van der Waals surface area (Å²) >= 11 is 0. The smallest absolute Gasteiger partial charge is 0.236 e. The number of carbonyl (C=O) groups is 1. The minimum Gasteiger partial charge on any atom is -0.359 e. The molecule has 0 fully saturated rings. The van der Waals surface area contributed by atoms with Crippen molar-refractivity contribution < 1.29 is 4.79 Å². The molecule has 1 atom stereocenters. The number of amides is 1. The predicted octanol–water partition coefficient (Wildman–Crippen LogP) is -0.989. The number of hydrazone groups is 1. The van der Waals surface area contributed by atoms with Crippen LogP contribution < -0.4 is 21.8 Å². The summed E-state index contributed by atoms with van der Waals surface area (Å²) in [5, 5.41) is 9.75. The number of hydrogen-bond donors (Lipinski definition) is 4. The maximum absolute atomic E-state index is 10.5. The second kappa shape index (κ2) is 9.59. The summed E-state index contributed by atoms with van der Waals surface area (Å²) in [5.74, 6) is 0.554. The second-order valence-electron chi connectivity index (χ2n) is 3.50. The minimum atomic E-state index is -0.201. The predicted molar refractivity (Wildman–Crippen MR) is 69.9 cm³/mol. The van der Waals surface area contributed by atoms with Crippen LogP contribution in [0.1, 0.15) is 19.8 Å². The van der Waals surface area contributed by atoms with Gasteiger partial charge in [0.15, 0.2) is 5.96 Å². The Morgan fingerprint density at radius 3 is 2.76 bits per heavy atom. The number of hydrogen-bond acceptors (Lipinski definition) is 4. The molecule has 0 aliphatic heterocycles. The molecule has 1 amide bonds. The van der Waals surface area contributed by atoms with E-state index in [1.165, 1.54) is 13.1 Å². The fourth-order valence-corrected chi connectivity index (χ4v) is 1.12. The highest BCUT2D eigenvalue weighted by atomic mass is 16.2. The molecule has 0 aliphatic rings. The topological polar surface area (TPSA) is 104 Å². The standard InChI is InChI=1S/C10H22N6O/c1-8(17)16-15-7-9(11)5-4-6-14-10(12-2)13-3/h7,9H,4-6,11H2,1-3H3,(H,16,17)(H2,12,13,14)/b15-7+. The van der Waals surface area contributed by atoms with E-state index in [0.29, 0.717) is 0 Å². The quantitative estimate of drug-likeness (QED) is 0.208. The Labute approximate surface area is 102 Å². The third kappa shape index (κ3) is 9.31. The zero-order valence-corrected chi connectivity index (χ0v) is 10.7. The van der Waals surface area contributed by atoms with Crippen LogP contribution in [0.3, 0.4) is 0 Å². The van der Waals surface area contributed by atoms with Gasteiger partial charge in [-0.15, -0.1) is 0 Å². The number of carbonyl (C=O) groups excluding carboxylic acids is 1. The Balaban J connectivity index is 3.61. The van der Waals surface area contributed by atoms with Crippen molar-refractivity contribution in [3.63, 3.8) is 0 Å². The lowest BCUT2D eigenvalue weighted by Gasteiger charge is -2.09. The zero-order valence-electron chi connectivity index (χ0n) is 10.7. The van der Waals surface area contributed by atoms with E-state index in [1.807, 2.05) is 0 Å². The molecule has 0 radical (unpaired) electrons. The number of aliphatic imine (C=N–C) groups is 1. The first-order valence-corrected chi connectivity index (χ1v) is 5.54. The zero-order chi connectivity index (χ0) is 13.1. The van der Waals surface area contributed by atoms with Gasteiger partial charge in [-0.25, -0.2) is 5.43 Å². The summed E-state index contributed by atoms with van der Waals surface area (Å²) < 4.78 is 0. The Hall–Kier alpha value is -1.63. The summed E-state index contributed by atoms with van der Waals surface area (Å²) in [6.45, 7) is 2.19. The maximum atomic E-state index is 10.5. The van der Waals surface area contributed by atoms with Gasteiger partial charge >= 0.3 is 0 Å². The van der Waals surface area contributed by atoms with Crippen molar-refractivity contribution in [3.8, 4) is 0 Å². The van der Waals surface area contributed by atoms with Gasteiger partial charge in [0.1, 0.15) is 0 Å². The third-order valence-electron chi connectivity index (χ3n) is 1.96. The molecule has 0 rings (SSSR count). The van der Waals surface area contributed by atoms with E-state index >= 15 is 0 Å². The molecule has 0 aromatic heterocycles. The highest BCUT2D eigenvalue weighted by Gasteiger charge is 1.99. The lowest BCUT2D eigenvalue weighted by atomic mass is 10.2. The van der Waals surface area contributed by atoms with Gasteiger partial charge in [0.25, 0.3) is 0 Å². The molecule has 0 saturated carbocycles. The number of nitrogens with one attached hydrogen (secondary N) is 3. The molecule has 1 unspecified atom stereocenters. The SMILES string of the molecule is CN=C(NC)NCCCC(N)/C=N/NC(C)=O. The summed E-state index contributed by atoms with van der Waals surface area (Å²) in [7, 11) is 3.52. The average molecular weight is 242 g/mol. The Kier molecular flexibility index (Phi) is 8.67. The summed E-state index contributed by atoms with van der Waals surface area (Å²) in [5.41, 5.74) is 8.08. The Morgan fingerprint density at radius 2 is 2.24 bits per heavy atom. The van der Waals surface area contributed by atoms with Gasteiger partial charge in [-0.1, -0.05) is 0 Å². The molecular formula is C10H22N6O. The highest BCUT2D eigenvalue weighted by Crippen LogP contribution is 1.90. The molecule has 0 aliphatic carbocycles. The number of guanidine groups is 1. The molecule has 5 N–H and O–H groups in total. The lowest BCUT2D eigenvalue weighted by molar-refractivity contribution is -0.118. The van der Waals surface area contributed by atoms with Gasteiger partial charge in [-0.3, -0.25) is 9.79 Å². The van der Waals surface area contributed by atoms with E-state index in [9.17, 15) is 4.79 Å². The maximum Gasteiger partial charge on any atom is 0.236 e. The average Bonchev–Trinajstić information content (AvgIpc) is 2.29. The van der Waals surface area contributed by atoms with Crippen LogP contribution in [0.2, 0.25) is 0 Å². The van der Waals surface area contributed by atoms with Crippen molar-refractivity contribution in [2.75, 3.05) is 20.6 Å². The molecule has 0 heterocycles. The summed E-state index contributed by atoms with van der Waals surface area (Å²) in [4.78, 5) is 14.5. The van der Waals surface area contributed by atoms with Gasteiger partial charge in [-0.2, -0.15) is 5.10 Å². The summed E-state index contributed by atoms with van der Waals surface area (Å²) in [6.07, 6.45) is 3.22. The molecule has 7 heteroatoms. The van der Waals surface area contributed by atoms with Crippen molar-refractivity contribution in [2.45, 2.75) is 25.8 Å². The first kappa shape index (κ1) is 15.4. The van der Waals surface area contributed by atoms with Crippen LogP contribution in [-0.4, -0.2) is 44.8 Å². The molecule has 0 spiro atoms. The van der Waals surface area contributed by atoms with E-state index in [0.717, 1.165) is 25.3 Å². The minimum absolute atomic E-state index is 0.153. The largest absolute Gasteiger partial charge is 0.359 e. The third-order valence-corrected chi connectivity index (χ3v) is 1.96. The van der Waals surface area contributed by atoms with Crippen LogP contribution in [0, 0.1) is 0 Å². The van der Waals surface area contributed by atoms with Crippen molar-refractivity contribution in [2.24, 2.45) is 15.8 Å². The van der Waals surface area contributed by atoms with Gasteiger partial charge in [-0.05, 0) is 12.8 Å². The second-order valence-corrected chi connectivity index (χ2v) is 3.50. The highest BCUT2D eigenvalue weighted by molar-refractivity contribution is 5.79. The fourth-order valence-electron chi connectivity index (χ4n) is 1.12. The number of nitrogens with zero attached hydrogens (tertiary/aromatic N) is 2. The number of nitrogens with two attached hydrogens (primary N) is 1. The van der Waals surface area contributed by atoms with Crippen LogP contribution in [0.25, 0.3) is 0 Å². The fraction of sp³-hybridized carbons (Fsp3) is 0.700. The first-order chi connectivity index (χ1) is 8.10. The van der Waals surface area contributed by atoms with Crippen molar-refractivity contribution >= 4 is 18.1 Å². The van der Waals surface area contributed by atoms with Gasteiger partial charge in [0.2, 0.25) is 5.91 Å². The molecule has 0 bridgehead atoms. The van der Waals surface area contributed by atoms with E-state index < -0.39 is 0 Å². The first-order valence-electron chi connectivity index (χ1n) is 5.54. The van der Waals surface area contributed by atoms with E-state index in [4.69, 9.17) is 5.73 Å². The molecule has 98 valence electrons. The van der Waals surface area contributed by atoms with E-state index in [2.05, 4.69) is 26.2 Å². The molecular weight excluding hydrogens is 220 g/mol. The van der Waals surface area contributed by atoms with Gasteiger partial charge < -0.3 is 16.4 Å². The Bertz CT molecular complexity index is 276. The van der Waals surface area contributed by atoms with E-state index in [1.54, 1.807) is 14.1 Å². The van der Waals surface area contributed by atoms with Gasteiger partial charge in [0.05, 0.1) is 0 Å². The van der Waals surface area contributed by atoms with Crippen molar-refractivity contribution in [1.82, 2.24) is 16.1 Å².